The molecular weight excluding hydrogens is 424 g/mol. The second-order valence-corrected chi connectivity index (χ2v) is 7.93. The maximum absolute atomic E-state index is 12.0. The van der Waals surface area contributed by atoms with Crippen molar-refractivity contribution in [2.45, 2.75) is 25.7 Å². The van der Waals surface area contributed by atoms with Gasteiger partial charge in [-0.15, -0.1) is 0 Å². The van der Waals surface area contributed by atoms with Crippen LogP contribution in [0, 0.1) is 0 Å². The Hall–Kier alpha value is -4.32. The number of rotatable bonds is 9. The number of carbonyl (C=O) groups is 2. The van der Waals surface area contributed by atoms with E-state index in [-0.39, 0.29) is 11.8 Å². The summed E-state index contributed by atoms with van der Waals surface area (Å²) in [7, 11) is 0. The van der Waals surface area contributed by atoms with Crippen LogP contribution in [0.25, 0.3) is 21.5 Å². The molecule has 2 N–H and O–H groups in total. The number of hydrogen-bond acceptors (Lipinski definition) is 4. The van der Waals surface area contributed by atoms with Crippen molar-refractivity contribution < 1.29 is 9.59 Å². The monoisotopic (exact) mass is 450 g/mol. The molecule has 170 valence electrons. The van der Waals surface area contributed by atoms with E-state index in [1.54, 1.807) is 12.4 Å². The van der Waals surface area contributed by atoms with Crippen molar-refractivity contribution in [1.29, 1.82) is 0 Å². The molecule has 4 aromatic rings. The second-order valence-electron chi connectivity index (χ2n) is 7.93. The minimum absolute atomic E-state index is 0.175. The van der Waals surface area contributed by atoms with Crippen LogP contribution in [0.3, 0.4) is 0 Å². The fourth-order valence-corrected chi connectivity index (χ4v) is 3.76. The van der Waals surface area contributed by atoms with Gasteiger partial charge in [-0.2, -0.15) is 10.2 Å². The quantitative estimate of drug-likeness (QED) is 0.210. The molecule has 0 radical (unpaired) electrons. The number of benzene rings is 4. The summed E-state index contributed by atoms with van der Waals surface area (Å²) in [6.45, 7) is 0. The SMILES string of the molecule is O=C(CCCCC(=O)NN=Cc1cccc2ccccc12)NN=Cc1cccc2ccccc12. The zero-order valence-electron chi connectivity index (χ0n) is 18.8. The van der Waals surface area contributed by atoms with Gasteiger partial charge in [0.2, 0.25) is 11.8 Å². The maximum Gasteiger partial charge on any atom is 0.240 e. The first-order valence-electron chi connectivity index (χ1n) is 11.3. The molecule has 0 heterocycles. The summed E-state index contributed by atoms with van der Waals surface area (Å²) in [5.74, 6) is -0.350. The Labute approximate surface area is 198 Å². The molecule has 0 bridgehead atoms. The van der Waals surface area contributed by atoms with Gasteiger partial charge in [0.15, 0.2) is 0 Å². The van der Waals surface area contributed by atoms with E-state index in [9.17, 15) is 9.59 Å². The summed E-state index contributed by atoms with van der Waals surface area (Å²) in [4.78, 5) is 24.1. The number of unbranched alkanes of at least 4 members (excludes halogenated alkanes) is 1. The zero-order chi connectivity index (χ0) is 23.6. The Morgan fingerprint density at radius 1 is 0.588 bits per heavy atom. The largest absolute Gasteiger partial charge is 0.273 e. The number of fused-ring (bicyclic) bond motifs is 2. The number of nitrogens with one attached hydrogen (secondary N) is 2. The van der Waals surface area contributed by atoms with Crippen molar-refractivity contribution in [3.63, 3.8) is 0 Å². The van der Waals surface area contributed by atoms with Crippen molar-refractivity contribution in [3.8, 4) is 0 Å². The Bertz CT molecular complexity index is 1250. The summed E-state index contributed by atoms with van der Waals surface area (Å²) in [6.07, 6.45) is 5.11. The molecule has 0 fully saturated rings. The molecular formula is C28H26N4O2. The Kier molecular flexibility index (Phi) is 7.74. The van der Waals surface area contributed by atoms with Crippen molar-refractivity contribution in [3.05, 3.63) is 96.1 Å². The minimum atomic E-state index is -0.175. The van der Waals surface area contributed by atoms with E-state index < -0.39 is 0 Å². The van der Waals surface area contributed by atoms with Crippen LogP contribution < -0.4 is 10.9 Å². The summed E-state index contributed by atoms with van der Waals surface area (Å²) in [6, 6.07) is 28.0. The number of hydrazone groups is 2. The van der Waals surface area contributed by atoms with E-state index in [4.69, 9.17) is 0 Å². The van der Waals surface area contributed by atoms with Crippen LogP contribution >= 0.6 is 0 Å². The van der Waals surface area contributed by atoms with Gasteiger partial charge in [0.05, 0.1) is 12.4 Å². The topological polar surface area (TPSA) is 82.9 Å². The van der Waals surface area contributed by atoms with E-state index in [1.807, 2.05) is 84.9 Å². The molecule has 0 spiro atoms. The normalized spacial score (nSPS) is 11.4. The number of hydrogen-bond donors (Lipinski definition) is 2. The average Bonchev–Trinajstić information content (AvgIpc) is 2.87. The average molecular weight is 451 g/mol. The summed E-state index contributed by atoms with van der Waals surface area (Å²) < 4.78 is 0. The Balaban J connectivity index is 1.16. The van der Waals surface area contributed by atoms with Gasteiger partial charge in [-0.05, 0) is 34.4 Å². The third kappa shape index (κ3) is 6.13. The summed E-state index contributed by atoms with van der Waals surface area (Å²) >= 11 is 0. The first-order chi connectivity index (χ1) is 16.7. The van der Waals surface area contributed by atoms with Crippen LogP contribution in [0.5, 0.6) is 0 Å². The first-order valence-corrected chi connectivity index (χ1v) is 11.3. The molecule has 34 heavy (non-hydrogen) atoms. The number of nitrogens with zero attached hydrogens (tertiary/aromatic N) is 2. The molecule has 0 saturated carbocycles. The van der Waals surface area contributed by atoms with Gasteiger partial charge in [0.25, 0.3) is 0 Å². The van der Waals surface area contributed by atoms with Crippen molar-refractivity contribution in [2.24, 2.45) is 10.2 Å². The number of amides is 2. The molecule has 2 amide bonds. The van der Waals surface area contributed by atoms with Crippen LogP contribution in [-0.2, 0) is 9.59 Å². The third-order valence-electron chi connectivity index (χ3n) is 5.49. The van der Waals surface area contributed by atoms with Crippen LogP contribution in [0.15, 0.2) is 95.1 Å². The van der Waals surface area contributed by atoms with Crippen LogP contribution in [0.2, 0.25) is 0 Å². The smallest absolute Gasteiger partial charge is 0.240 e. The minimum Gasteiger partial charge on any atom is -0.273 e. The second kappa shape index (κ2) is 11.5. The fourth-order valence-electron chi connectivity index (χ4n) is 3.76. The third-order valence-corrected chi connectivity index (χ3v) is 5.49. The molecule has 4 aromatic carbocycles. The lowest BCUT2D eigenvalue weighted by Crippen LogP contribution is -2.19. The lowest BCUT2D eigenvalue weighted by molar-refractivity contribution is -0.123. The standard InChI is InChI=1S/C28H26N4O2/c33-27(31-29-19-23-13-7-11-21-9-1-3-15-25(21)23)17-5-6-18-28(34)32-30-20-24-14-8-12-22-10-2-4-16-26(22)24/h1-4,7-16,19-20H,5-6,17-18H2,(H,31,33)(H,32,34). The van der Waals surface area contributed by atoms with E-state index in [2.05, 4.69) is 21.1 Å². The van der Waals surface area contributed by atoms with Gasteiger partial charge in [0, 0.05) is 24.0 Å². The van der Waals surface area contributed by atoms with E-state index in [1.165, 1.54) is 0 Å². The lowest BCUT2D eigenvalue weighted by atomic mass is 10.1. The van der Waals surface area contributed by atoms with Gasteiger partial charge >= 0.3 is 0 Å². The molecule has 6 nitrogen and oxygen atoms in total. The molecule has 0 aliphatic heterocycles. The Morgan fingerprint density at radius 3 is 1.47 bits per heavy atom. The molecule has 6 heteroatoms. The van der Waals surface area contributed by atoms with Crippen molar-refractivity contribution >= 4 is 45.8 Å². The van der Waals surface area contributed by atoms with Crippen molar-refractivity contribution in [2.75, 3.05) is 0 Å². The van der Waals surface area contributed by atoms with Gasteiger partial charge in [-0.1, -0.05) is 84.9 Å². The fraction of sp³-hybridized carbons (Fsp3) is 0.143. The molecule has 4 rings (SSSR count). The Morgan fingerprint density at radius 2 is 1.00 bits per heavy atom. The first kappa shape index (κ1) is 22.9. The van der Waals surface area contributed by atoms with Gasteiger partial charge in [-0.25, -0.2) is 10.9 Å². The predicted molar refractivity (Wildman–Crippen MR) is 138 cm³/mol. The summed E-state index contributed by atoms with van der Waals surface area (Å²) in [5, 5.41) is 12.6. The van der Waals surface area contributed by atoms with Gasteiger partial charge in [-0.3, -0.25) is 9.59 Å². The maximum atomic E-state index is 12.0. The predicted octanol–water partition coefficient (Wildman–Crippen LogP) is 5.15. The van der Waals surface area contributed by atoms with Crippen LogP contribution in [-0.4, -0.2) is 24.2 Å². The molecule has 0 aliphatic carbocycles. The molecule has 0 aromatic heterocycles. The molecule has 0 unspecified atom stereocenters. The van der Waals surface area contributed by atoms with E-state index >= 15 is 0 Å². The van der Waals surface area contributed by atoms with Crippen LogP contribution in [0.1, 0.15) is 36.8 Å². The molecule has 0 saturated heterocycles. The van der Waals surface area contributed by atoms with E-state index in [0.717, 1.165) is 32.7 Å². The van der Waals surface area contributed by atoms with Gasteiger partial charge in [0.1, 0.15) is 0 Å². The highest BCUT2D eigenvalue weighted by Gasteiger charge is 2.04. The van der Waals surface area contributed by atoms with Crippen LogP contribution in [0.4, 0.5) is 0 Å². The van der Waals surface area contributed by atoms with Gasteiger partial charge < -0.3 is 0 Å². The zero-order valence-corrected chi connectivity index (χ0v) is 18.8. The van der Waals surface area contributed by atoms with Crippen molar-refractivity contribution in [1.82, 2.24) is 10.9 Å². The number of carbonyl (C=O) groups excluding carboxylic acids is 2. The van der Waals surface area contributed by atoms with E-state index in [0.29, 0.717) is 25.7 Å². The highest BCUT2D eigenvalue weighted by atomic mass is 16.2. The lowest BCUT2D eigenvalue weighted by Gasteiger charge is -2.03. The summed E-state index contributed by atoms with van der Waals surface area (Å²) in [5.41, 5.74) is 7.00. The molecule has 0 aliphatic rings. The molecule has 0 atom stereocenters. The highest BCUT2D eigenvalue weighted by Crippen LogP contribution is 2.17. The highest BCUT2D eigenvalue weighted by molar-refractivity contribution is 6.00.